The molecule has 0 atom stereocenters. The third-order valence-electron chi connectivity index (χ3n) is 3.80. The van der Waals surface area contributed by atoms with Gasteiger partial charge in [0.2, 0.25) is 5.91 Å². The Morgan fingerprint density at radius 2 is 2.04 bits per heavy atom. The van der Waals surface area contributed by atoms with Gasteiger partial charge in [-0.2, -0.15) is 0 Å². The van der Waals surface area contributed by atoms with E-state index in [1.54, 1.807) is 5.32 Å². The van der Waals surface area contributed by atoms with E-state index in [9.17, 15) is 14.0 Å². The largest absolute Gasteiger partial charge is 0.352 e. The first-order valence-corrected chi connectivity index (χ1v) is 8.30. The second-order valence-electron chi connectivity index (χ2n) is 6.11. The molecule has 0 bridgehead atoms. The molecule has 26 heavy (non-hydrogen) atoms. The first-order chi connectivity index (χ1) is 16.6. The molecule has 0 saturated carbocycles. The first-order valence-electron chi connectivity index (χ1n) is 13.4. The molecule has 7 heteroatoms. The maximum Gasteiger partial charge on any atom is 0.251 e. The summed E-state index contributed by atoms with van der Waals surface area (Å²) < 4.78 is 98.3. The van der Waals surface area contributed by atoms with Gasteiger partial charge in [0.05, 0.1) is 6.54 Å². The molecular weight excluding hydrogens is 357 g/mol. The van der Waals surface area contributed by atoms with Crippen LogP contribution in [0, 0.1) is 11.7 Å². The maximum absolute atomic E-state index is 13.5. The lowest BCUT2D eigenvalue weighted by Crippen LogP contribution is -2.48. The molecule has 2 amide bonds. The highest BCUT2D eigenvalue weighted by Crippen LogP contribution is 2.17. The van der Waals surface area contributed by atoms with Gasteiger partial charge >= 0.3 is 0 Å². The monoisotopic (exact) mass is 394 g/mol. The lowest BCUT2D eigenvalue weighted by Gasteiger charge is -2.32. The van der Waals surface area contributed by atoms with Crippen LogP contribution in [-0.4, -0.2) is 48.4 Å². The smallest absolute Gasteiger partial charge is 0.251 e. The van der Waals surface area contributed by atoms with Gasteiger partial charge in [0, 0.05) is 37.7 Å². The first kappa shape index (κ1) is 10.0. The van der Waals surface area contributed by atoms with Crippen molar-refractivity contribution >= 4 is 23.4 Å². The van der Waals surface area contributed by atoms with Crippen LogP contribution in [0.5, 0.6) is 0 Å². The summed E-state index contributed by atoms with van der Waals surface area (Å²) in [6.07, 6.45) is 0.293. The Balaban J connectivity index is 2.05. The minimum absolute atomic E-state index is 0.0307. The normalized spacial score (nSPS) is 24.6. The fourth-order valence-electron chi connectivity index (χ4n) is 2.61. The summed E-state index contributed by atoms with van der Waals surface area (Å²) in [6, 6.07) is 3.10. The lowest BCUT2D eigenvalue weighted by atomic mass is 9.96. The van der Waals surface area contributed by atoms with E-state index >= 15 is 0 Å². The van der Waals surface area contributed by atoms with E-state index in [1.807, 2.05) is 0 Å². The standard InChI is InChI=1S/C19H27ClFN3O2/c1-19(2,3)23-17(25)12-24-6-4-13(5-7-24)11-22-18(26)14-8-15(20)10-16(21)9-14/h8-10,13H,4-7,11-12H2,1-3H3,(H,22,26)(H,23,25)/i1D3,2D3,3D3,11D2. The topological polar surface area (TPSA) is 61.4 Å². The minimum atomic E-state index is -3.58. The number of benzene rings is 1. The van der Waals surface area contributed by atoms with Crippen LogP contribution in [0.25, 0.3) is 0 Å². The van der Waals surface area contributed by atoms with E-state index in [-0.39, 0.29) is 36.5 Å². The Kier molecular flexibility index (Phi) is 3.41. The Bertz CT molecular complexity index is 950. The zero-order chi connectivity index (χ0) is 28.6. The summed E-state index contributed by atoms with van der Waals surface area (Å²) in [5, 5.41) is 3.94. The van der Waals surface area contributed by atoms with E-state index in [0.29, 0.717) is 0 Å². The van der Waals surface area contributed by atoms with E-state index in [2.05, 4.69) is 5.32 Å². The van der Waals surface area contributed by atoms with E-state index in [4.69, 9.17) is 26.7 Å². The van der Waals surface area contributed by atoms with Crippen molar-refractivity contribution in [1.29, 1.82) is 0 Å². The summed E-state index contributed by atoms with van der Waals surface area (Å²) in [7, 11) is 0. The number of nitrogens with one attached hydrogen (secondary N) is 2. The van der Waals surface area contributed by atoms with Gasteiger partial charge in [0.15, 0.2) is 0 Å². The lowest BCUT2D eigenvalue weighted by molar-refractivity contribution is -0.124. The third kappa shape index (κ3) is 6.92. The van der Waals surface area contributed by atoms with Gasteiger partial charge in [-0.15, -0.1) is 0 Å². The van der Waals surface area contributed by atoms with Gasteiger partial charge in [-0.25, -0.2) is 4.39 Å². The Hall–Kier alpha value is -1.66. The highest BCUT2D eigenvalue weighted by molar-refractivity contribution is 6.31. The molecule has 1 aromatic carbocycles. The van der Waals surface area contributed by atoms with Crippen molar-refractivity contribution in [2.45, 2.75) is 38.9 Å². The number of amides is 2. The number of hydrogen-bond acceptors (Lipinski definition) is 3. The number of carbonyl (C=O) groups excluding carboxylic acids is 2. The Labute approximate surface area is 174 Å². The van der Waals surface area contributed by atoms with Gasteiger partial charge in [-0.1, -0.05) is 11.6 Å². The Morgan fingerprint density at radius 3 is 2.65 bits per heavy atom. The molecule has 0 aromatic heterocycles. The van der Waals surface area contributed by atoms with Crippen molar-refractivity contribution in [3.63, 3.8) is 0 Å². The van der Waals surface area contributed by atoms with Crippen molar-refractivity contribution < 1.29 is 29.1 Å². The van der Waals surface area contributed by atoms with Crippen LogP contribution < -0.4 is 10.6 Å². The van der Waals surface area contributed by atoms with Crippen LogP contribution in [0.2, 0.25) is 5.02 Å². The SMILES string of the molecule is [2H]C([2H])(NC(=O)c1cc(F)cc(Cl)c1)C1CCN(CC(=O)NC(C([2H])([2H])[2H])(C([2H])([2H])[2H])C([2H])([2H])[2H])CC1. The van der Waals surface area contributed by atoms with Crippen LogP contribution in [-0.2, 0) is 4.79 Å². The van der Waals surface area contributed by atoms with Crippen LogP contribution in [0.1, 0.15) is 58.8 Å². The fraction of sp³-hybridized carbons (Fsp3) is 0.579. The summed E-state index contributed by atoms with van der Waals surface area (Å²) in [4.78, 5) is 26.5. The summed E-state index contributed by atoms with van der Waals surface area (Å²) in [6.45, 7) is -13.2. The van der Waals surface area contributed by atoms with Crippen molar-refractivity contribution in [3.05, 3.63) is 34.6 Å². The molecule has 1 heterocycles. The molecule has 1 saturated heterocycles. The summed E-state index contributed by atoms with van der Waals surface area (Å²) in [5.74, 6) is -3.46. The number of piperidine rings is 1. The molecule has 1 aromatic rings. The highest BCUT2D eigenvalue weighted by Gasteiger charge is 2.23. The molecule has 0 aliphatic carbocycles. The second kappa shape index (κ2) is 8.82. The fourth-order valence-corrected chi connectivity index (χ4v) is 2.83. The Morgan fingerprint density at radius 1 is 1.35 bits per heavy atom. The van der Waals surface area contributed by atoms with Crippen molar-refractivity contribution in [3.8, 4) is 0 Å². The third-order valence-corrected chi connectivity index (χ3v) is 4.01. The quantitative estimate of drug-likeness (QED) is 0.807. The zero-order valence-electron chi connectivity index (χ0n) is 24.9. The van der Waals surface area contributed by atoms with E-state index < -0.39 is 62.7 Å². The van der Waals surface area contributed by atoms with Gasteiger partial charge in [-0.3, -0.25) is 14.5 Å². The molecule has 5 nitrogen and oxygen atoms in total. The number of likely N-dealkylation sites (tertiary alicyclic amines) is 1. The van der Waals surface area contributed by atoms with Crippen LogP contribution in [0.3, 0.4) is 0 Å². The van der Waals surface area contributed by atoms with E-state index in [0.717, 1.165) is 12.1 Å². The second-order valence-corrected chi connectivity index (χ2v) is 6.54. The van der Waals surface area contributed by atoms with Gasteiger partial charge in [0.25, 0.3) is 5.91 Å². The van der Waals surface area contributed by atoms with Crippen LogP contribution in [0.15, 0.2) is 18.2 Å². The molecular formula is C19H27ClFN3O2. The summed E-state index contributed by atoms with van der Waals surface area (Å²) in [5.41, 5.74) is -3.64. The highest BCUT2D eigenvalue weighted by atomic mass is 35.5. The zero-order valence-corrected chi connectivity index (χ0v) is 14.6. The van der Waals surface area contributed by atoms with Crippen molar-refractivity contribution in [2.24, 2.45) is 5.92 Å². The molecule has 0 radical (unpaired) electrons. The van der Waals surface area contributed by atoms with Gasteiger partial charge in [-0.05, 0) is 70.6 Å². The average molecular weight is 395 g/mol. The molecule has 144 valence electrons. The number of halogens is 2. The van der Waals surface area contributed by atoms with Crippen LogP contribution >= 0.6 is 11.6 Å². The van der Waals surface area contributed by atoms with Gasteiger partial charge < -0.3 is 10.6 Å². The number of carbonyl (C=O) groups is 2. The minimum Gasteiger partial charge on any atom is -0.352 e. The predicted octanol–water partition coefficient (Wildman–Crippen LogP) is 2.84. The molecule has 0 spiro atoms. The van der Waals surface area contributed by atoms with Gasteiger partial charge in [0.1, 0.15) is 5.82 Å². The molecule has 2 N–H and O–H groups in total. The maximum atomic E-state index is 13.5. The van der Waals surface area contributed by atoms with Crippen LogP contribution in [0.4, 0.5) is 4.39 Å². The van der Waals surface area contributed by atoms with Crippen molar-refractivity contribution in [1.82, 2.24) is 15.5 Å². The van der Waals surface area contributed by atoms with E-state index in [1.165, 1.54) is 11.0 Å². The number of hydrogen-bond donors (Lipinski definition) is 2. The number of nitrogens with zero attached hydrogens (tertiary/aromatic N) is 1. The average Bonchev–Trinajstić information content (AvgIpc) is 2.68. The summed E-state index contributed by atoms with van der Waals surface area (Å²) >= 11 is 5.74. The molecule has 1 aliphatic rings. The predicted molar refractivity (Wildman–Crippen MR) is 101 cm³/mol. The molecule has 1 fully saturated rings. The number of rotatable bonds is 5. The molecule has 2 rings (SSSR count). The molecule has 1 aliphatic heterocycles. The molecule has 0 unspecified atom stereocenters. The van der Waals surface area contributed by atoms with Crippen molar-refractivity contribution in [2.75, 3.05) is 26.1 Å².